The number of likely N-dealkylation sites (N-methyl/N-ethyl adjacent to an activating group) is 1. The number of fused-ring (bicyclic) bond motifs is 6. The first-order valence-corrected chi connectivity index (χ1v) is 46.4. The number of nitrogens with zero attached hydrogens (tertiary/aromatic N) is 15. The van der Waals surface area contributed by atoms with Gasteiger partial charge >= 0.3 is 41.2 Å². The lowest BCUT2D eigenvalue weighted by molar-refractivity contribution is -0.385. The van der Waals surface area contributed by atoms with E-state index in [-0.39, 0.29) is 133 Å². The van der Waals surface area contributed by atoms with Crippen LogP contribution in [0, 0.1) is 25.6 Å². The number of hydrogen-bond acceptors (Lipinski definition) is 37. The number of nitrogens with one attached hydrogen (secondary N) is 1. The molecule has 7 unspecified atom stereocenters. The van der Waals surface area contributed by atoms with Gasteiger partial charge in [-0.3, -0.25) is 49.2 Å². The van der Waals surface area contributed by atoms with Gasteiger partial charge in [-0.25, -0.2) is 44.1 Å². The van der Waals surface area contributed by atoms with Gasteiger partial charge < -0.3 is 77.4 Å². The van der Waals surface area contributed by atoms with Gasteiger partial charge in [-0.15, -0.1) is 23.2 Å². The molecule has 0 aliphatic carbocycles. The maximum Gasteiger partial charge on any atom is 0.334 e. The van der Waals surface area contributed by atoms with Gasteiger partial charge in [-0.2, -0.15) is 15.0 Å². The smallest absolute Gasteiger partial charge is 0.334 e. The number of halogens is 11. The fourth-order valence-corrected chi connectivity index (χ4v) is 14.9. The second-order valence-electron chi connectivity index (χ2n) is 29.0. The Bertz CT molecular complexity index is 4790. The molecule has 2 aromatic carbocycles. The third kappa shape index (κ3) is 37.8. The molecule has 10 heterocycles. The number of Topliss-reactive ketones (excluding diaryl/α,β-unsaturated/α-hetero) is 1. The van der Waals surface area contributed by atoms with Crippen LogP contribution in [0.2, 0.25) is 36.3 Å². The van der Waals surface area contributed by atoms with Crippen LogP contribution in [0.3, 0.4) is 0 Å². The molecule has 6 aliphatic heterocycles. The third-order valence-corrected chi connectivity index (χ3v) is 23.4. The fourth-order valence-electron chi connectivity index (χ4n) is 13.3. The zero-order chi connectivity index (χ0) is 101. The molecule has 3 N–H and O–H groups in total. The summed E-state index contributed by atoms with van der Waals surface area (Å²) in [5, 5.41) is 22.6. The predicted molar refractivity (Wildman–Crippen MR) is 534 cm³/mol. The lowest BCUT2D eigenvalue weighted by Gasteiger charge is -2.51. The SMILES string of the molecule is C.C.C.CCC(N)(COCCCl)C(=O)OC.CCC(N=Cc1ccc(Cl)cc1)C(=O)OC.CCC(NCl)C(=O)OC.CCC1(C(=O)OC)CCCOC1.CCC1(C(=O)OC)COCCN1c1nc(Cl)ncc1[N+](=O)[O-].CCC12COCCN1c1nc(Cl)ncc1CC2=O.CCC12COCCN1c1nc(Cl)ncc1N(C)C2=O.ClCCOCCl.O=Cc1ccc(Cl)cc1.O=[N+]([O-])c1cnc(Cl)nc1Cl. The normalized spacial score (nSPS) is 18.6. The number of anilines is 4. The number of ketones is 1. The number of amides is 1. The van der Waals surface area contributed by atoms with Crippen molar-refractivity contribution >= 4 is 216 Å². The lowest BCUT2D eigenvalue weighted by atomic mass is 9.80. The first kappa shape index (κ1) is 130. The summed E-state index contributed by atoms with van der Waals surface area (Å²) in [6.45, 7) is 19.6. The molecule has 0 bridgehead atoms. The molecular weight excluding hydrogens is 2040 g/mol. The van der Waals surface area contributed by atoms with Crippen LogP contribution in [-0.2, 0) is 92.1 Å². The minimum Gasteiger partial charge on any atom is -0.469 e. The molecule has 4 fully saturated rings. The summed E-state index contributed by atoms with van der Waals surface area (Å²) in [5.74, 6) is 0.852. The monoisotopic (exact) mass is 2160 g/mol. The van der Waals surface area contributed by atoms with Crippen molar-refractivity contribution in [2.75, 3.05) is 172 Å². The highest BCUT2D eigenvalue weighted by molar-refractivity contribution is 6.33. The van der Waals surface area contributed by atoms with Gasteiger partial charge in [-0.05, 0) is 146 Å². The van der Waals surface area contributed by atoms with E-state index in [1.54, 1.807) is 80.8 Å². The number of hydrogen-bond donors (Lipinski definition) is 2. The fraction of sp³-hybridized carbons (Fsp3) is 0.575. The summed E-state index contributed by atoms with van der Waals surface area (Å²) in [6.07, 6.45) is 14.1. The quantitative estimate of drug-likeness (QED) is 0.00435. The molecule has 4 saturated heterocycles. The van der Waals surface area contributed by atoms with Gasteiger partial charge in [0.1, 0.15) is 65.0 Å². The Hall–Kier alpha value is -8.34. The Labute approximate surface area is 859 Å². The van der Waals surface area contributed by atoms with Gasteiger partial charge in [0, 0.05) is 85.1 Å². The van der Waals surface area contributed by atoms with Crippen molar-refractivity contribution in [3.05, 3.63) is 147 Å². The number of alkyl halides is 3. The Balaban J connectivity index is 0.00000153. The van der Waals surface area contributed by atoms with Crippen molar-refractivity contribution in [1.82, 2.24) is 44.7 Å². The van der Waals surface area contributed by atoms with E-state index in [0.29, 0.717) is 150 Å². The summed E-state index contributed by atoms with van der Waals surface area (Å²) in [6, 6.07) is 13.4. The number of aldehydes is 1. The van der Waals surface area contributed by atoms with Gasteiger partial charge in [0.25, 0.3) is 5.91 Å². The number of methoxy groups -OCH3 is 5. The Morgan fingerprint density at radius 3 is 1.51 bits per heavy atom. The number of nitrogens with two attached hydrogens (primary N) is 1. The Kier molecular flexibility index (Phi) is 63.1. The van der Waals surface area contributed by atoms with Crippen LogP contribution < -0.4 is 30.2 Å². The number of nitro groups is 2. The van der Waals surface area contributed by atoms with E-state index >= 15 is 0 Å². The van der Waals surface area contributed by atoms with Crippen molar-refractivity contribution < 1.29 is 100 Å². The number of benzene rings is 2. The van der Waals surface area contributed by atoms with Crippen LogP contribution in [-0.4, -0.2) is 291 Å². The topological polar surface area (TPSA) is 491 Å². The number of esters is 5. The van der Waals surface area contributed by atoms with Gasteiger partial charge in [0.15, 0.2) is 17.1 Å². The van der Waals surface area contributed by atoms with E-state index in [1.165, 1.54) is 40.4 Å². The first-order valence-electron chi connectivity index (χ1n) is 41.7. The maximum absolute atomic E-state index is 12.7. The molecule has 4 aromatic heterocycles. The minimum atomic E-state index is -1.19. The van der Waals surface area contributed by atoms with Crippen molar-refractivity contribution in [3.8, 4) is 0 Å². The van der Waals surface area contributed by atoms with Crippen LogP contribution in [0.4, 0.5) is 34.5 Å². The van der Waals surface area contributed by atoms with Crippen LogP contribution in [0.15, 0.2) is 78.3 Å². The summed E-state index contributed by atoms with van der Waals surface area (Å²) in [4.78, 5) is 157. The molecule has 12 rings (SSSR count). The average Bonchev–Trinajstić information content (AvgIpc) is 0.724. The summed E-state index contributed by atoms with van der Waals surface area (Å²) in [5.41, 5.74) is 4.37. The van der Waals surface area contributed by atoms with Gasteiger partial charge in [0.2, 0.25) is 32.1 Å². The largest absolute Gasteiger partial charge is 0.469 e. The van der Waals surface area contributed by atoms with Crippen molar-refractivity contribution in [2.45, 2.75) is 169 Å². The maximum atomic E-state index is 12.7. The molecule has 0 radical (unpaired) electrons. The summed E-state index contributed by atoms with van der Waals surface area (Å²) in [7, 11) is 8.44. The summed E-state index contributed by atoms with van der Waals surface area (Å²) < 4.78 is 54.7. The molecule has 40 nitrogen and oxygen atoms in total. The van der Waals surface area contributed by atoms with Gasteiger partial charge in [0.05, 0.1) is 123 Å². The number of carbonyl (C=O) groups excluding carboxylic acids is 8. The van der Waals surface area contributed by atoms with Crippen LogP contribution in [0.25, 0.3) is 0 Å². The highest BCUT2D eigenvalue weighted by Gasteiger charge is 2.54. The number of aromatic nitrogens is 8. The minimum absolute atomic E-state index is 0. The number of morpholine rings is 3. The second kappa shape index (κ2) is 67.2. The van der Waals surface area contributed by atoms with Crippen LogP contribution in [0.1, 0.15) is 150 Å². The first-order chi connectivity index (χ1) is 64.4. The zero-order valence-electron chi connectivity index (χ0n) is 76.7. The van der Waals surface area contributed by atoms with Crippen molar-refractivity contribution in [2.24, 2.45) is 16.1 Å². The van der Waals surface area contributed by atoms with Crippen molar-refractivity contribution in [3.63, 3.8) is 0 Å². The highest BCUT2D eigenvalue weighted by atomic mass is 35.5. The number of rotatable bonds is 26. The molecule has 1 amide bonds. The molecule has 51 heteroatoms. The van der Waals surface area contributed by atoms with E-state index in [4.69, 9.17) is 167 Å². The lowest BCUT2D eigenvalue weighted by Crippen LogP contribution is -2.68. The second-order valence-corrected chi connectivity index (χ2v) is 32.8. The standard InChI is InChI=1S/C12H15ClN4O5.C12H15ClN4O2.C12H14ClN3O2.C12H14ClNO2.C9H16O3.C8H16ClNO3.C7H5ClO.C5H10ClNO2.C4HCl2N3O2.C3H6Cl2O.3CH4/c1-3-12(10(18)21-2)7-22-5-4-16(12)9-8(17(19)20)6-14-11(13)15-9;1-3-12-7-19-5-4-17(12)9-8(16(2)10(12)18)6-14-11(13)15-9;1-2-12-7-18-4-3-16(12)10-8(5-9(12)17)6-14-11(13)15-10;1-3-11(12(15)16-2)14-8-9-4-6-10(13)7-5-9;1-3-9(8(10)11-2)5-4-6-12-7-9;1-3-8(10,7(11)12-2)6-13-5-4-9;8-7-3-1-6(5-9)2-4-7;1-3-4(7-6)5(8)9-2;5-3-2(9(10)11)1-7-4(6)8-3;4-1-2-6-3-5;;;/h6H,3-5,7H2,1-2H3;6H,3-5,7H2,1-2H3;6H,2-5,7H2,1H3;4-8,11H,3H2,1-2H3;3-7H2,1-2H3;3-6,10H2,1-2H3;1-5H;4,7H,3H2,1-2H3;1H;1-3H2;3*1H4. The number of ether oxygens (including phenoxy) is 11. The van der Waals surface area contributed by atoms with Crippen molar-refractivity contribution in [1.29, 1.82) is 0 Å². The molecule has 7 atom stereocenters. The zero-order valence-corrected chi connectivity index (χ0v) is 85.0. The summed E-state index contributed by atoms with van der Waals surface area (Å²) >= 11 is 60.4. The molecule has 6 aliphatic rings. The predicted octanol–water partition coefficient (Wildman–Crippen LogP) is 16.0. The van der Waals surface area contributed by atoms with E-state index in [1.807, 2.05) is 56.6 Å². The van der Waals surface area contributed by atoms with E-state index < -0.39 is 50.0 Å². The molecule has 138 heavy (non-hydrogen) atoms. The average molecular weight is 2170 g/mol. The van der Waals surface area contributed by atoms with Crippen LogP contribution in [0.5, 0.6) is 0 Å². The molecule has 0 spiro atoms. The third-order valence-electron chi connectivity index (χ3n) is 21.2. The molecule has 0 saturated carbocycles. The number of aliphatic imine (C=N–C) groups is 1. The molecule has 6 aromatic rings. The van der Waals surface area contributed by atoms with E-state index in [2.05, 4.69) is 68.6 Å². The van der Waals surface area contributed by atoms with E-state index in [0.717, 1.165) is 61.5 Å². The van der Waals surface area contributed by atoms with Gasteiger partial charge in [-0.1, -0.05) is 141 Å². The van der Waals surface area contributed by atoms with Crippen LogP contribution >= 0.6 is 128 Å². The Morgan fingerprint density at radius 2 is 1.07 bits per heavy atom. The molecular formula is C87H124Cl11N17O23. The van der Waals surface area contributed by atoms with E-state index in [9.17, 15) is 58.6 Å². The Morgan fingerprint density at radius 1 is 0.580 bits per heavy atom. The highest BCUT2D eigenvalue weighted by Crippen LogP contribution is 2.43. The number of carbonyl (C=O) groups is 8. The molecule has 772 valence electrons.